The lowest BCUT2D eigenvalue weighted by Gasteiger charge is -2.10. The highest BCUT2D eigenvalue weighted by molar-refractivity contribution is 6.08. The van der Waals surface area contributed by atoms with Crippen molar-refractivity contribution in [2.45, 2.75) is 20.3 Å². The van der Waals surface area contributed by atoms with E-state index in [2.05, 4.69) is 24.4 Å². The molecular weight excluding hydrogens is 308 g/mol. The second kappa shape index (κ2) is 7.75. The van der Waals surface area contributed by atoms with Crippen LogP contribution in [-0.4, -0.2) is 11.6 Å². The normalized spacial score (nSPS) is 11.7. The molecule has 0 heterocycles. The molecule has 1 amide bonds. The zero-order valence-corrected chi connectivity index (χ0v) is 14.6. The van der Waals surface area contributed by atoms with Crippen molar-refractivity contribution in [3.63, 3.8) is 0 Å². The highest BCUT2D eigenvalue weighted by atomic mass is 16.2. The quantitative estimate of drug-likeness (QED) is 0.518. The summed E-state index contributed by atoms with van der Waals surface area (Å²) < 4.78 is 0. The number of amides is 1. The fraction of sp³-hybridized carbons (Fsp3) is 0.182. The van der Waals surface area contributed by atoms with Crippen LogP contribution in [0.15, 0.2) is 77.9 Å². The Balaban J connectivity index is 1.88. The third kappa shape index (κ3) is 4.13. The fourth-order valence-electron chi connectivity index (χ4n) is 2.85. The number of carbonyl (C=O) groups is 1. The monoisotopic (exact) mass is 330 g/mol. The summed E-state index contributed by atoms with van der Waals surface area (Å²) in [5.74, 6) is 0.266. The standard InChI is InChI=1S/C22H22N2O/c1-16(2)15-21(18-10-4-3-5-11-18)23-24-22(25)20-14-8-12-17-9-6-7-13-19(17)20/h3-14,16H,15H2,1-2H3,(H,24,25). The van der Waals surface area contributed by atoms with E-state index in [1.165, 1.54) is 0 Å². The minimum atomic E-state index is -0.186. The molecule has 0 spiro atoms. The maximum Gasteiger partial charge on any atom is 0.272 e. The molecule has 3 aromatic carbocycles. The molecule has 0 saturated heterocycles. The van der Waals surface area contributed by atoms with Gasteiger partial charge in [0, 0.05) is 5.56 Å². The lowest BCUT2D eigenvalue weighted by molar-refractivity contribution is 0.0956. The van der Waals surface area contributed by atoms with Gasteiger partial charge in [0.1, 0.15) is 0 Å². The van der Waals surface area contributed by atoms with Crippen LogP contribution in [-0.2, 0) is 0 Å². The van der Waals surface area contributed by atoms with Gasteiger partial charge in [-0.2, -0.15) is 5.10 Å². The third-order valence-electron chi connectivity index (χ3n) is 4.04. The number of rotatable bonds is 5. The SMILES string of the molecule is CC(C)CC(=NNC(=O)c1cccc2ccccc12)c1ccccc1. The van der Waals surface area contributed by atoms with Gasteiger partial charge in [0.2, 0.25) is 0 Å². The zero-order valence-electron chi connectivity index (χ0n) is 14.6. The molecule has 0 fully saturated rings. The van der Waals surface area contributed by atoms with Crippen LogP contribution in [0.3, 0.4) is 0 Å². The highest BCUT2D eigenvalue weighted by Gasteiger charge is 2.11. The first kappa shape index (κ1) is 16.9. The van der Waals surface area contributed by atoms with Crippen LogP contribution in [0.5, 0.6) is 0 Å². The van der Waals surface area contributed by atoms with Crippen LogP contribution in [0, 0.1) is 5.92 Å². The number of hydrogen-bond donors (Lipinski definition) is 1. The van der Waals surface area contributed by atoms with Gasteiger partial charge < -0.3 is 0 Å². The predicted molar refractivity (Wildman–Crippen MR) is 104 cm³/mol. The lowest BCUT2D eigenvalue weighted by Crippen LogP contribution is -2.21. The molecule has 0 radical (unpaired) electrons. The van der Waals surface area contributed by atoms with Crippen LogP contribution in [0.1, 0.15) is 36.2 Å². The molecule has 3 aromatic rings. The summed E-state index contributed by atoms with van der Waals surface area (Å²) in [5.41, 5.74) is 5.31. The van der Waals surface area contributed by atoms with Crippen molar-refractivity contribution in [3.8, 4) is 0 Å². The van der Waals surface area contributed by atoms with E-state index in [1.807, 2.05) is 72.8 Å². The van der Waals surface area contributed by atoms with Gasteiger partial charge in [-0.3, -0.25) is 4.79 Å². The number of hydrogen-bond acceptors (Lipinski definition) is 2. The smallest absolute Gasteiger partial charge is 0.267 e. The largest absolute Gasteiger partial charge is 0.272 e. The molecule has 3 heteroatoms. The minimum Gasteiger partial charge on any atom is -0.267 e. The average molecular weight is 330 g/mol. The van der Waals surface area contributed by atoms with E-state index in [1.54, 1.807) is 0 Å². The Morgan fingerprint density at radius 3 is 2.36 bits per heavy atom. The summed E-state index contributed by atoms with van der Waals surface area (Å²) in [4.78, 5) is 12.7. The molecule has 0 atom stereocenters. The molecule has 0 aromatic heterocycles. The Kier molecular flexibility index (Phi) is 5.24. The fourth-order valence-corrected chi connectivity index (χ4v) is 2.85. The molecule has 0 bridgehead atoms. The summed E-state index contributed by atoms with van der Waals surface area (Å²) in [6.07, 6.45) is 0.805. The first-order valence-electron chi connectivity index (χ1n) is 8.55. The molecule has 126 valence electrons. The lowest BCUT2D eigenvalue weighted by atomic mass is 10.0. The van der Waals surface area contributed by atoms with E-state index in [0.29, 0.717) is 11.5 Å². The minimum absolute atomic E-state index is 0.186. The summed E-state index contributed by atoms with van der Waals surface area (Å²) >= 11 is 0. The second-order valence-corrected chi connectivity index (χ2v) is 6.49. The van der Waals surface area contributed by atoms with Crippen molar-refractivity contribution in [2.75, 3.05) is 0 Å². The van der Waals surface area contributed by atoms with Crippen molar-refractivity contribution in [3.05, 3.63) is 83.9 Å². The maximum atomic E-state index is 12.7. The molecule has 0 aliphatic heterocycles. The molecule has 0 unspecified atom stereocenters. The summed E-state index contributed by atoms with van der Waals surface area (Å²) in [5, 5.41) is 6.41. The van der Waals surface area contributed by atoms with Gasteiger partial charge in [0.15, 0.2) is 0 Å². The van der Waals surface area contributed by atoms with E-state index < -0.39 is 0 Å². The van der Waals surface area contributed by atoms with Crippen LogP contribution < -0.4 is 5.43 Å². The van der Waals surface area contributed by atoms with Crippen molar-refractivity contribution >= 4 is 22.4 Å². The predicted octanol–water partition coefficient (Wildman–Crippen LogP) is 5.02. The third-order valence-corrected chi connectivity index (χ3v) is 4.04. The Bertz CT molecular complexity index is 893. The van der Waals surface area contributed by atoms with Gasteiger partial charge in [-0.15, -0.1) is 0 Å². The molecule has 3 nitrogen and oxygen atoms in total. The van der Waals surface area contributed by atoms with Gasteiger partial charge in [-0.1, -0.05) is 80.6 Å². The Labute approximate surface area is 148 Å². The van der Waals surface area contributed by atoms with Crippen molar-refractivity contribution in [1.82, 2.24) is 5.43 Å². The molecular formula is C22H22N2O. The van der Waals surface area contributed by atoms with Crippen LogP contribution in [0.25, 0.3) is 10.8 Å². The summed E-state index contributed by atoms with van der Waals surface area (Å²) in [7, 11) is 0. The Morgan fingerprint density at radius 1 is 0.920 bits per heavy atom. The maximum absolute atomic E-state index is 12.7. The van der Waals surface area contributed by atoms with Gasteiger partial charge in [0.05, 0.1) is 5.71 Å². The second-order valence-electron chi connectivity index (χ2n) is 6.49. The zero-order chi connectivity index (χ0) is 17.6. The van der Waals surface area contributed by atoms with Gasteiger partial charge in [-0.25, -0.2) is 5.43 Å². The summed E-state index contributed by atoms with van der Waals surface area (Å²) in [6, 6.07) is 23.6. The molecule has 1 N–H and O–H groups in total. The van der Waals surface area contributed by atoms with Crippen molar-refractivity contribution < 1.29 is 4.79 Å². The Morgan fingerprint density at radius 2 is 1.60 bits per heavy atom. The van der Waals surface area contributed by atoms with E-state index >= 15 is 0 Å². The van der Waals surface area contributed by atoms with Gasteiger partial charge >= 0.3 is 0 Å². The van der Waals surface area contributed by atoms with Crippen molar-refractivity contribution in [1.29, 1.82) is 0 Å². The number of hydrazone groups is 1. The van der Waals surface area contributed by atoms with Gasteiger partial charge in [0.25, 0.3) is 5.91 Å². The average Bonchev–Trinajstić information content (AvgIpc) is 2.65. The van der Waals surface area contributed by atoms with E-state index in [9.17, 15) is 4.79 Å². The van der Waals surface area contributed by atoms with Gasteiger partial charge in [-0.05, 0) is 34.7 Å². The molecule has 3 rings (SSSR count). The first-order valence-corrected chi connectivity index (χ1v) is 8.55. The van der Waals surface area contributed by atoms with E-state index in [-0.39, 0.29) is 5.91 Å². The number of carbonyl (C=O) groups excluding carboxylic acids is 1. The molecule has 0 saturated carbocycles. The number of benzene rings is 3. The highest BCUT2D eigenvalue weighted by Crippen LogP contribution is 2.18. The topological polar surface area (TPSA) is 41.5 Å². The van der Waals surface area contributed by atoms with E-state index in [4.69, 9.17) is 0 Å². The number of fused-ring (bicyclic) bond motifs is 1. The number of nitrogens with one attached hydrogen (secondary N) is 1. The summed E-state index contributed by atoms with van der Waals surface area (Å²) in [6.45, 7) is 4.29. The van der Waals surface area contributed by atoms with Crippen LogP contribution >= 0.6 is 0 Å². The molecule has 0 aliphatic rings. The van der Waals surface area contributed by atoms with Crippen LogP contribution in [0.4, 0.5) is 0 Å². The first-order chi connectivity index (χ1) is 12.1. The number of nitrogens with zero attached hydrogens (tertiary/aromatic N) is 1. The molecule has 0 aliphatic carbocycles. The Hall–Kier alpha value is -2.94. The van der Waals surface area contributed by atoms with Crippen molar-refractivity contribution in [2.24, 2.45) is 11.0 Å². The van der Waals surface area contributed by atoms with E-state index in [0.717, 1.165) is 28.5 Å². The van der Waals surface area contributed by atoms with Crippen LogP contribution in [0.2, 0.25) is 0 Å². The molecule has 25 heavy (non-hydrogen) atoms.